The van der Waals surface area contributed by atoms with Crippen LogP contribution in [0.25, 0.3) is 0 Å². The van der Waals surface area contributed by atoms with Gasteiger partial charge in [-0.3, -0.25) is 9.59 Å². The van der Waals surface area contributed by atoms with Crippen LogP contribution in [0.15, 0.2) is 41.5 Å². The predicted molar refractivity (Wildman–Crippen MR) is 105 cm³/mol. The molecule has 1 amide bonds. The molecule has 2 heterocycles. The molecule has 0 radical (unpaired) electrons. The number of hydrogen-bond donors (Lipinski definition) is 2. The van der Waals surface area contributed by atoms with Crippen molar-refractivity contribution in [2.24, 2.45) is 10.7 Å². The molecule has 0 spiro atoms. The molecule has 1 aliphatic rings. The first kappa shape index (κ1) is 18.7. The number of ketones is 1. The summed E-state index contributed by atoms with van der Waals surface area (Å²) < 4.78 is 0. The molecule has 0 aliphatic carbocycles. The number of carbonyl (C=O) groups excluding carboxylic acids is 2. The van der Waals surface area contributed by atoms with Crippen molar-refractivity contribution in [1.82, 2.24) is 4.98 Å². The van der Waals surface area contributed by atoms with Crippen molar-refractivity contribution in [3.8, 4) is 0 Å². The summed E-state index contributed by atoms with van der Waals surface area (Å²) in [6, 6.07) is 8.33. The number of pyridine rings is 1. The molecule has 1 aromatic carbocycles. The van der Waals surface area contributed by atoms with Crippen LogP contribution >= 0.6 is 35.0 Å². The maximum atomic E-state index is 12.4. The van der Waals surface area contributed by atoms with Crippen LogP contribution in [0.3, 0.4) is 0 Å². The molecule has 2 aromatic rings. The second-order valence-electron chi connectivity index (χ2n) is 5.75. The number of aliphatic imine (C=N–C) groups is 1. The number of rotatable bonds is 3. The smallest absolute Gasteiger partial charge is 0.275 e. The predicted octanol–water partition coefficient (Wildman–Crippen LogP) is 3.49. The number of nitrogens with two attached hydrogens (primary N) is 1. The first-order valence-corrected chi connectivity index (χ1v) is 9.28. The molecular formula is C17H14Cl2N4O2S. The van der Waals surface area contributed by atoms with Crippen molar-refractivity contribution in [2.75, 3.05) is 11.1 Å². The lowest BCUT2D eigenvalue weighted by atomic mass is 9.88. The molecule has 1 aliphatic heterocycles. The number of nitrogens with zero attached hydrogens (tertiary/aromatic N) is 2. The molecule has 1 aromatic heterocycles. The van der Waals surface area contributed by atoms with Crippen molar-refractivity contribution in [3.05, 3.63) is 57.8 Å². The molecule has 3 N–H and O–H groups in total. The summed E-state index contributed by atoms with van der Waals surface area (Å²) in [6.07, 6.45) is 1.34. The summed E-state index contributed by atoms with van der Waals surface area (Å²) in [5, 5.41) is 3.56. The summed E-state index contributed by atoms with van der Waals surface area (Å²) in [4.78, 5) is 33.1. The van der Waals surface area contributed by atoms with E-state index in [1.807, 2.05) is 0 Å². The molecule has 134 valence electrons. The van der Waals surface area contributed by atoms with Gasteiger partial charge in [-0.1, -0.05) is 47.1 Å². The van der Waals surface area contributed by atoms with Gasteiger partial charge in [-0.15, -0.1) is 0 Å². The van der Waals surface area contributed by atoms with Crippen LogP contribution < -0.4 is 11.1 Å². The number of anilines is 1. The maximum absolute atomic E-state index is 12.4. The first-order chi connectivity index (χ1) is 12.3. The van der Waals surface area contributed by atoms with Gasteiger partial charge in [0, 0.05) is 11.9 Å². The van der Waals surface area contributed by atoms with Crippen molar-refractivity contribution in [2.45, 2.75) is 12.5 Å². The highest BCUT2D eigenvalue weighted by molar-refractivity contribution is 8.14. The van der Waals surface area contributed by atoms with E-state index in [0.29, 0.717) is 21.4 Å². The molecule has 3 rings (SSSR count). The van der Waals surface area contributed by atoms with Gasteiger partial charge >= 0.3 is 0 Å². The second kappa shape index (κ2) is 7.26. The van der Waals surface area contributed by atoms with Gasteiger partial charge in [0.15, 0.2) is 11.0 Å². The minimum absolute atomic E-state index is 0.0532. The Bertz CT molecular complexity index is 935. The van der Waals surface area contributed by atoms with E-state index in [9.17, 15) is 9.59 Å². The number of amides is 1. The van der Waals surface area contributed by atoms with Crippen LogP contribution in [0.5, 0.6) is 0 Å². The topological polar surface area (TPSA) is 97.4 Å². The molecule has 6 nitrogen and oxygen atoms in total. The maximum Gasteiger partial charge on any atom is 0.275 e. The van der Waals surface area contributed by atoms with Crippen molar-refractivity contribution in [1.29, 1.82) is 0 Å². The Labute approximate surface area is 164 Å². The highest BCUT2D eigenvalue weighted by atomic mass is 35.5. The van der Waals surface area contributed by atoms with Crippen LogP contribution in [-0.2, 0) is 10.3 Å². The Morgan fingerprint density at radius 1 is 1.35 bits per heavy atom. The summed E-state index contributed by atoms with van der Waals surface area (Å²) in [5.74, 6) is -0.280. The largest absolute Gasteiger partial charge is 0.378 e. The van der Waals surface area contributed by atoms with Gasteiger partial charge < -0.3 is 11.1 Å². The number of carbonyl (C=O) groups is 2. The monoisotopic (exact) mass is 408 g/mol. The van der Waals surface area contributed by atoms with E-state index < -0.39 is 11.4 Å². The Balaban J connectivity index is 1.89. The number of nitrogens with one attached hydrogen (secondary N) is 1. The standard InChI is InChI=1S/C17H14Cl2N4O2S/c1-17(13(24)8-26-16(20)23-17)9-3-2-4-11(5-9)22-15(25)14-12(19)6-10(18)7-21-14/h2-7H,8H2,1H3,(H2,20,23)(H,22,25)/t17-/m1/s1. The fraction of sp³-hybridized carbons (Fsp3) is 0.176. The number of benzene rings is 1. The van der Waals surface area contributed by atoms with Crippen molar-refractivity contribution < 1.29 is 9.59 Å². The Kier molecular flexibility index (Phi) is 5.22. The highest BCUT2D eigenvalue weighted by Crippen LogP contribution is 2.33. The average Bonchev–Trinajstić information content (AvgIpc) is 2.58. The summed E-state index contributed by atoms with van der Waals surface area (Å²) in [6.45, 7) is 1.71. The van der Waals surface area contributed by atoms with E-state index in [1.54, 1.807) is 31.2 Å². The zero-order chi connectivity index (χ0) is 18.9. The second-order valence-corrected chi connectivity index (χ2v) is 7.59. The van der Waals surface area contributed by atoms with Crippen LogP contribution in [-0.4, -0.2) is 27.6 Å². The number of aromatic nitrogens is 1. The fourth-order valence-corrected chi connectivity index (χ4v) is 3.77. The highest BCUT2D eigenvalue weighted by Gasteiger charge is 2.37. The van der Waals surface area contributed by atoms with E-state index >= 15 is 0 Å². The van der Waals surface area contributed by atoms with Crippen LogP contribution in [0.2, 0.25) is 10.0 Å². The van der Waals surface area contributed by atoms with E-state index in [4.69, 9.17) is 28.9 Å². The van der Waals surface area contributed by atoms with Crippen LogP contribution in [0.4, 0.5) is 5.69 Å². The minimum atomic E-state index is -1.08. The lowest BCUT2D eigenvalue weighted by Crippen LogP contribution is -2.38. The van der Waals surface area contributed by atoms with Gasteiger partial charge in [-0.05, 0) is 30.7 Å². The molecule has 9 heteroatoms. The third-order valence-electron chi connectivity index (χ3n) is 3.93. The number of hydrogen-bond acceptors (Lipinski definition) is 6. The summed E-state index contributed by atoms with van der Waals surface area (Å²) in [7, 11) is 0. The molecule has 0 bridgehead atoms. The average molecular weight is 409 g/mol. The van der Waals surface area contributed by atoms with Crippen LogP contribution in [0.1, 0.15) is 23.0 Å². The number of halogens is 2. The number of amidine groups is 1. The SMILES string of the molecule is C[C@]1(c2cccc(NC(=O)c3ncc(Cl)cc3Cl)c2)N=C(N)SCC1=O. The fourth-order valence-electron chi connectivity index (χ4n) is 2.49. The third kappa shape index (κ3) is 3.70. The molecule has 0 saturated heterocycles. The van der Waals surface area contributed by atoms with Crippen molar-refractivity contribution >= 4 is 57.5 Å². The Hall–Kier alpha value is -2.09. The Morgan fingerprint density at radius 2 is 2.12 bits per heavy atom. The van der Waals surface area contributed by atoms with E-state index in [0.717, 1.165) is 0 Å². The quantitative estimate of drug-likeness (QED) is 0.809. The van der Waals surface area contributed by atoms with Gasteiger partial charge in [-0.25, -0.2) is 9.98 Å². The molecule has 26 heavy (non-hydrogen) atoms. The van der Waals surface area contributed by atoms with Gasteiger partial charge in [0.1, 0.15) is 11.2 Å². The van der Waals surface area contributed by atoms with Crippen molar-refractivity contribution in [3.63, 3.8) is 0 Å². The van der Waals surface area contributed by atoms with E-state index in [2.05, 4.69) is 15.3 Å². The molecule has 0 saturated carbocycles. The molecule has 0 unspecified atom stereocenters. The van der Waals surface area contributed by atoms with E-state index in [-0.39, 0.29) is 22.3 Å². The lowest BCUT2D eigenvalue weighted by Gasteiger charge is -2.28. The number of Topliss-reactive ketones (excluding diaryl/α,β-unsaturated/α-hetero) is 1. The molecule has 1 atom stereocenters. The Morgan fingerprint density at radius 3 is 2.85 bits per heavy atom. The minimum Gasteiger partial charge on any atom is -0.378 e. The van der Waals surface area contributed by atoms with Gasteiger partial charge in [0.25, 0.3) is 5.91 Å². The van der Waals surface area contributed by atoms with Gasteiger partial charge in [-0.2, -0.15) is 0 Å². The molecule has 0 fully saturated rings. The number of thioether (sulfide) groups is 1. The van der Waals surface area contributed by atoms with Gasteiger partial charge in [0.05, 0.1) is 15.8 Å². The summed E-state index contributed by atoms with van der Waals surface area (Å²) in [5.41, 5.74) is 5.89. The normalized spacial score (nSPS) is 19.8. The van der Waals surface area contributed by atoms with Crippen LogP contribution in [0, 0.1) is 0 Å². The molecular weight excluding hydrogens is 395 g/mol. The van der Waals surface area contributed by atoms with Gasteiger partial charge in [0.2, 0.25) is 0 Å². The lowest BCUT2D eigenvalue weighted by molar-refractivity contribution is -0.121. The third-order valence-corrected chi connectivity index (χ3v) is 5.22. The zero-order valence-electron chi connectivity index (χ0n) is 13.6. The zero-order valence-corrected chi connectivity index (χ0v) is 16.0. The first-order valence-electron chi connectivity index (χ1n) is 7.54. The summed E-state index contributed by atoms with van der Waals surface area (Å²) >= 11 is 13.0. The van der Waals surface area contributed by atoms with E-state index in [1.165, 1.54) is 24.0 Å².